The molecule has 0 saturated heterocycles. The van der Waals surface area contributed by atoms with Gasteiger partial charge in [0.05, 0.1) is 6.61 Å². The van der Waals surface area contributed by atoms with Gasteiger partial charge in [-0.25, -0.2) is 0 Å². The highest BCUT2D eigenvalue weighted by molar-refractivity contribution is 5.75. The predicted molar refractivity (Wildman–Crippen MR) is 70.3 cm³/mol. The van der Waals surface area contributed by atoms with Crippen LogP contribution in [0.25, 0.3) is 0 Å². The molecule has 94 valence electrons. The van der Waals surface area contributed by atoms with Gasteiger partial charge in [0.2, 0.25) is 0 Å². The Bertz CT molecular complexity index is 354. The topological polar surface area (TPSA) is 38.3 Å². The van der Waals surface area contributed by atoms with Crippen molar-refractivity contribution in [1.29, 1.82) is 0 Å². The standard InChI is InChI=1S/C14H21NO2/c1-4-5-6-17-14(16)10-15-13-8-11(2)7-12(3)9-13/h7-9,15H,4-6,10H2,1-3H3. The quantitative estimate of drug-likeness (QED) is 0.608. The number of unbranched alkanes of at least 4 members (excludes halogenated alkanes) is 1. The van der Waals surface area contributed by atoms with Crippen LogP contribution in [0.5, 0.6) is 0 Å². The van der Waals surface area contributed by atoms with Crippen molar-refractivity contribution in [3.05, 3.63) is 29.3 Å². The van der Waals surface area contributed by atoms with Crippen LogP contribution in [0.4, 0.5) is 5.69 Å². The Morgan fingerprint density at radius 3 is 2.47 bits per heavy atom. The van der Waals surface area contributed by atoms with Gasteiger partial charge >= 0.3 is 5.97 Å². The smallest absolute Gasteiger partial charge is 0.325 e. The molecule has 0 aliphatic heterocycles. The van der Waals surface area contributed by atoms with E-state index in [1.807, 2.05) is 26.0 Å². The summed E-state index contributed by atoms with van der Waals surface area (Å²) >= 11 is 0. The number of rotatable bonds is 6. The average molecular weight is 235 g/mol. The first-order chi connectivity index (χ1) is 8.11. The normalized spacial score (nSPS) is 10.1. The van der Waals surface area contributed by atoms with Gasteiger partial charge < -0.3 is 10.1 Å². The first kappa shape index (κ1) is 13.6. The Morgan fingerprint density at radius 1 is 1.24 bits per heavy atom. The number of esters is 1. The maximum Gasteiger partial charge on any atom is 0.325 e. The summed E-state index contributed by atoms with van der Waals surface area (Å²) in [6.07, 6.45) is 1.97. The summed E-state index contributed by atoms with van der Waals surface area (Å²) in [4.78, 5) is 11.4. The number of hydrogen-bond acceptors (Lipinski definition) is 3. The van der Waals surface area contributed by atoms with Crippen LogP contribution in [-0.2, 0) is 9.53 Å². The van der Waals surface area contributed by atoms with E-state index in [1.165, 1.54) is 11.1 Å². The summed E-state index contributed by atoms with van der Waals surface area (Å²) in [5, 5.41) is 3.08. The number of aryl methyl sites for hydroxylation is 2. The zero-order valence-corrected chi connectivity index (χ0v) is 10.9. The first-order valence-corrected chi connectivity index (χ1v) is 6.09. The summed E-state index contributed by atoms with van der Waals surface area (Å²) < 4.78 is 5.06. The number of anilines is 1. The number of carbonyl (C=O) groups is 1. The van der Waals surface area contributed by atoms with Crippen LogP contribution in [0.3, 0.4) is 0 Å². The second-order valence-electron chi connectivity index (χ2n) is 4.30. The van der Waals surface area contributed by atoms with E-state index in [0.717, 1.165) is 18.5 Å². The largest absolute Gasteiger partial charge is 0.464 e. The van der Waals surface area contributed by atoms with Crippen molar-refractivity contribution in [2.75, 3.05) is 18.5 Å². The molecule has 0 aromatic heterocycles. The molecule has 1 rings (SSSR count). The van der Waals surface area contributed by atoms with Crippen molar-refractivity contribution in [3.63, 3.8) is 0 Å². The van der Waals surface area contributed by atoms with E-state index in [1.54, 1.807) is 0 Å². The molecule has 0 heterocycles. The Hall–Kier alpha value is -1.51. The lowest BCUT2D eigenvalue weighted by Crippen LogP contribution is -2.17. The molecule has 1 aromatic rings. The molecule has 3 nitrogen and oxygen atoms in total. The SMILES string of the molecule is CCCCOC(=O)CNc1cc(C)cc(C)c1. The van der Waals surface area contributed by atoms with Gasteiger partial charge in [-0.3, -0.25) is 4.79 Å². The molecule has 17 heavy (non-hydrogen) atoms. The van der Waals surface area contributed by atoms with Crippen LogP contribution in [0.2, 0.25) is 0 Å². The fraction of sp³-hybridized carbons (Fsp3) is 0.500. The summed E-state index contributed by atoms with van der Waals surface area (Å²) in [7, 11) is 0. The molecule has 0 aliphatic carbocycles. The Labute approximate surface area is 103 Å². The first-order valence-electron chi connectivity index (χ1n) is 6.09. The van der Waals surface area contributed by atoms with Crippen molar-refractivity contribution in [2.24, 2.45) is 0 Å². The molecule has 0 amide bonds. The van der Waals surface area contributed by atoms with Crippen LogP contribution in [0, 0.1) is 13.8 Å². The monoisotopic (exact) mass is 235 g/mol. The van der Waals surface area contributed by atoms with Gasteiger partial charge in [-0.05, 0) is 43.5 Å². The molecule has 0 radical (unpaired) electrons. The van der Waals surface area contributed by atoms with Gasteiger partial charge in [0.1, 0.15) is 6.54 Å². The summed E-state index contributed by atoms with van der Waals surface area (Å²) in [5.74, 6) is -0.197. The van der Waals surface area contributed by atoms with Gasteiger partial charge in [0.25, 0.3) is 0 Å². The summed E-state index contributed by atoms with van der Waals surface area (Å²) in [6, 6.07) is 6.14. The predicted octanol–water partition coefficient (Wildman–Crippen LogP) is 3.06. The highest BCUT2D eigenvalue weighted by Crippen LogP contribution is 2.13. The van der Waals surface area contributed by atoms with E-state index < -0.39 is 0 Å². The molecule has 0 saturated carbocycles. The van der Waals surface area contributed by atoms with Crippen molar-refractivity contribution in [1.82, 2.24) is 0 Å². The van der Waals surface area contributed by atoms with Gasteiger partial charge in [-0.2, -0.15) is 0 Å². The number of ether oxygens (including phenoxy) is 1. The van der Waals surface area contributed by atoms with Crippen molar-refractivity contribution in [3.8, 4) is 0 Å². The lowest BCUT2D eigenvalue weighted by molar-refractivity contribution is -0.141. The zero-order valence-electron chi connectivity index (χ0n) is 10.9. The third-order valence-corrected chi connectivity index (χ3v) is 2.42. The molecule has 0 atom stereocenters. The van der Waals surface area contributed by atoms with Crippen LogP contribution >= 0.6 is 0 Å². The van der Waals surface area contributed by atoms with Gasteiger partial charge in [0.15, 0.2) is 0 Å². The molecule has 0 bridgehead atoms. The maximum absolute atomic E-state index is 11.4. The van der Waals surface area contributed by atoms with Crippen molar-refractivity contribution < 1.29 is 9.53 Å². The summed E-state index contributed by atoms with van der Waals surface area (Å²) in [6.45, 7) is 6.90. The van der Waals surface area contributed by atoms with Gasteiger partial charge in [-0.15, -0.1) is 0 Å². The van der Waals surface area contributed by atoms with E-state index in [-0.39, 0.29) is 12.5 Å². The van der Waals surface area contributed by atoms with E-state index in [0.29, 0.717) is 6.61 Å². The fourth-order valence-electron chi connectivity index (χ4n) is 1.63. The molecule has 1 N–H and O–H groups in total. The number of nitrogens with one attached hydrogen (secondary N) is 1. The zero-order chi connectivity index (χ0) is 12.7. The number of carbonyl (C=O) groups excluding carboxylic acids is 1. The number of benzene rings is 1. The van der Waals surface area contributed by atoms with Gasteiger partial charge in [-0.1, -0.05) is 19.4 Å². The maximum atomic E-state index is 11.4. The molecule has 0 spiro atoms. The molecule has 0 aliphatic rings. The Morgan fingerprint density at radius 2 is 1.88 bits per heavy atom. The van der Waals surface area contributed by atoms with E-state index in [2.05, 4.69) is 18.3 Å². The van der Waals surface area contributed by atoms with E-state index in [9.17, 15) is 4.79 Å². The van der Waals surface area contributed by atoms with Crippen LogP contribution < -0.4 is 5.32 Å². The minimum absolute atomic E-state index is 0.197. The Kier molecular flexibility index (Phi) is 5.53. The third kappa shape index (κ3) is 5.38. The lowest BCUT2D eigenvalue weighted by Gasteiger charge is -2.08. The molecule has 0 fully saturated rings. The van der Waals surface area contributed by atoms with Gasteiger partial charge in [0, 0.05) is 5.69 Å². The summed E-state index contributed by atoms with van der Waals surface area (Å²) in [5.41, 5.74) is 3.34. The molecule has 3 heteroatoms. The number of hydrogen-bond donors (Lipinski definition) is 1. The van der Waals surface area contributed by atoms with Crippen molar-refractivity contribution >= 4 is 11.7 Å². The van der Waals surface area contributed by atoms with Crippen LogP contribution in [0.1, 0.15) is 30.9 Å². The molecular weight excluding hydrogens is 214 g/mol. The van der Waals surface area contributed by atoms with Crippen molar-refractivity contribution in [2.45, 2.75) is 33.6 Å². The molecule has 0 unspecified atom stereocenters. The second-order valence-corrected chi connectivity index (χ2v) is 4.30. The highest BCUT2D eigenvalue weighted by Gasteiger charge is 2.02. The minimum Gasteiger partial charge on any atom is -0.464 e. The fourth-order valence-corrected chi connectivity index (χ4v) is 1.63. The second kappa shape index (κ2) is 6.94. The lowest BCUT2D eigenvalue weighted by atomic mass is 10.1. The molecule has 1 aromatic carbocycles. The average Bonchev–Trinajstić information content (AvgIpc) is 2.25. The minimum atomic E-state index is -0.197. The molecular formula is C14H21NO2. The Balaban J connectivity index is 2.36. The van der Waals surface area contributed by atoms with E-state index in [4.69, 9.17) is 4.74 Å². The highest BCUT2D eigenvalue weighted by atomic mass is 16.5. The van der Waals surface area contributed by atoms with E-state index >= 15 is 0 Å². The van der Waals surface area contributed by atoms with Crippen LogP contribution in [-0.4, -0.2) is 19.1 Å². The third-order valence-electron chi connectivity index (χ3n) is 2.42. The van der Waals surface area contributed by atoms with Crippen LogP contribution in [0.15, 0.2) is 18.2 Å².